The van der Waals surface area contributed by atoms with E-state index in [1.165, 1.54) is 0 Å². The summed E-state index contributed by atoms with van der Waals surface area (Å²) in [5, 5.41) is 5.84. The number of rotatable bonds is 5. The summed E-state index contributed by atoms with van der Waals surface area (Å²) in [5.41, 5.74) is 1.09. The van der Waals surface area contributed by atoms with E-state index in [2.05, 4.69) is 21.5 Å². The van der Waals surface area contributed by atoms with Crippen LogP contribution in [0.2, 0.25) is 0 Å². The molecule has 4 heteroatoms. The Bertz CT molecular complexity index is 397. The molecule has 4 nitrogen and oxygen atoms in total. The lowest BCUT2D eigenvalue weighted by Gasteiger charge is -2.19. The Morgan fingerprint density at radius 1 is 1.47 bits per heavy atom. The van der Waals surface area contributed by atoms with Crippen LogP contribution in [0.4, 0.5) is 0 Å². The van der Waals surface area contributed by atoms with Gasteiger partial charge in [0, 0.05) is 18.4 Å². The van der Waals surface area contributed by atoms with E-state index < -0.39 is 0 Å². The van der Waals surface area contributed by atoms with Gasteiger partial charge in [-0.25, -0.2) is 0 Å². The maximum atomic E-state index is 11.6. The van der Waals surface area contributed by atoms with Crippen LogP contribution in [-0.2, 0) is 4.79 Å². The molecule has 90 valence electrons. The van der Waals surface area contributed by atoms with Crippen LogP contribution in [-0.4, -0.2) is 23.5 Å². The molecule has 2 atom stereocenters. The summed E-state index contributed by atoms with van der Waals surface area (Å²) >= 11 is 0. The molecule has 0 aliphatic carbocycles. The highest BCUT2D eigenvalue weighted by Crippen LogP contribution is 2.10. The van der Waals surface area contributed by atoms with Crippen molar-refractivity contribution in [1.82, 2.24) is 15.6 Å². The van der Waals surface area contributed by atoms with Crippen LogP contribution in [0.1, 0.15) is 25.5 Å². The van der Waals surface area contributed by atoms with Gasteiger partial charge in [0.1, 0.15) is 0 Å². The van der Waals surface area contributed by atoms with Gasteiger partial charge in [0.15, 0.2) is 0 Å². The molecular weight excluding hydrogens is 214 g/mol. The minimum atomic E-state index is -0.286. The Morgan fingerprint density at radius 2 is 2.12 bits per heavy atom. The molecule has 0 fully saturated rings. The highest BCUT2D eigenvalue weighted by Gasteiger charge is 2.15. The number of carbonyl (C=O) groups is 1. The van der Waals surface area contributed by atoms with Crippen LogP contribution >= 0.6 is 0 Å². The van der Waals surface area contributed by atoms with Gasteiger partial charge < -0.3 is 5.32 Å². The second kappa shape index (κ2) is 6.66. The number of amides is 1. The summed E-state index contributed by atoms with van der Waals surface area (Å²) in [4.78, 5) is 15.5. The third kappa shape index (κ3) is 4.25. The van der Waals surface area contributed by atoms with E-state index in [1.54, 1.807) is 12.4 Å². The monoisotopic (exact) mass is 231 g/mol. The fourth-order valence-electron chi connectivity index (χ4n) is 1.49. The number of hydrogen-bond donors (Lipinski definition) is 2. The first-order valence-electron chi connectivity index (χ1n) is 5.52. The average Bonchev–Trinajstić information content (AvgIpc) is 2.36. The maximum Gasteiger partial charge on any atom is 0.237 e. The van der Waals surface area contributed by atoms with E-state index in [4.69, 9.17) is 6.42 Å². The Hall–Kier alpha value is -1.86. The van der Waals surface area contributed by atoms with Crippen LogP contribution < -0.4 is 10.6 Å². The molecule has 0 radical (unpaired) electrons. The predicted molar refractivity (Wildman–Crippen MR) is 67.1 cm³/mol. The SMILES string of the molecule is C#CCNC(=O)C(C)N[C@@H](C)c1ccncc1. The zero-order valence-electron chi connectivity index (χ0n) is 10.1. The lowest BCUT2D eigenvalue weighted by Crippen LogP contribution is -2.43. The fraction of sp³-hybridized carbons (Fsp3) is 0.385. The number of aromatic nitrogens is 1. The molecule has 0 bridgehead atoms. The van der Waals surface area contributed by atoms with Gasteiger partial charge in [-0.2, -0.15) is 0 Å². The average molecular weight is 231 g/mol. The zero-order valence-corrected chi connectivity index (χ0v) is 10.1. The lowest BCUT2D eigenvalue weighted by atomic mass is 10.1. The van der Waals surface area contributed by atoms with Crippen molar-refractivity contribution in [2.24, 2.45) is 0 Å². The second-order valence-electron chi connectivity index (χ2n) is 3.81. The molecule has 1 unspecified atom stereocenters. The van der Waals surface area contributed by atoms with Crippen molar-refractivity contribution in [3.8, 4) is 12.3 Å². The maximum absolute atomic E-state index is 11.6. The summed E-state index contributed by atoms with van der Waals surface area (Å²) in [7, 11) is 0. The molecule has 0 aliphatic rings. The minimum Gasteiger partial charge on any atom is -0.344 e. The molecule has 0 aliphatic heterocycles. The van der Waals surface area contributed by atoms with Crippen LogP contribution in [0, 0.1) is 12.3 Å². The van der Waals surface area contributed by atoms with E-state index in [0.29, 0.717) is 0 Å². The van der Waals surface area contributed by atoms with E-state index in [-0.39, 0.29) is 24.5 Å². The number of pyridine rings is 1. The van der Waals surface area contributed by atoms with Gasteiger partial charge in [0.25, 0.3) is 0 Å². The third-order valence-electron chi connectivity index (χ3n) is 2.46. The molecule has 1 rings (SSSR count). The molecule has 1 heterocycles. The molecule has 0 spiro atoms. The number of carbonyl (C=O) groups excluding carboxylic acids is 1. The van der Waals surface area contributed by atoms with Crippen molar-refractivity contribution >= 4 is 5.91 Å². The highest BCUT2D eigenvalue weighted by molar-refractivity contribution is 5.81. The molecule has 0 saturated carbocycles. The Kier molecular flexibility index (Phi) is 5.18. The van der Waals surface area contributed by atoms with Gasteiger partial charge in [0.2, 0.25) is 5.91 Å². The van der Waals surface area contributed by atoms with Gasteiger partial charge in [-0.3, -0.25) is 15.1 Å². The van der Waals surface area contributed by atoms with Crippen molar-refractivity contribution in [3.05, 3.63) is 30.1 Å². The minimum absolute atomic E-state index is 0.0876. The van der Waals surface area contributed by atoms with Crippen LogP contribution in [0.3, 0.4) is 0 Å². The molecule has 17 heavy (non-hydrogen) atoms. The Balaban J connectivity index is 2.49. The van der Waals surface area contributed by atoms with Gasteiger partial charge in [-0.05, 0) is 31.5 Å². The largest absolute Gasteiger partial charge is 0.344 e. The van der Waals surface area contributed by atoms with Gasteiger partial charge in [-0.15, -0.1) is 6.42 Å². The number of hydrogen-bond acceptors (Lipinski definition) is 3. The van der Waals surface area contributed by atoms with Crippen molar-refractivity contribution in [3.63, 3.8) is 0 Å². The van der Waals surface area contributed by atoms with E-state index in [0.717, 1.165) is 5.56 Å². The molecule has 0 saturated heterocycles. The number of terminal acetylenes is 1. The smallest absolute Gasteiger partial charge is 0.237 e. The summed E-state index contributed by atoms with van der Waals surface area (Å²) < 4.78 is 0. The number of nitrogens with zero attached hydrogens (tertiary/aromatic N) is 1. The van der Waals surface area contributed by atoms with Crippen molar-refractivity contribution < 1.29 is 4.79 Å². The molecule has 1 aromatic rings. The zero-order chi connectivity index (χ0) is 12.7. The summed E-state index contributed by atoms with van der Waals surface area (Å²) in [6.07, 6.45) is 8.54. The standard InChI is InChI=1S/C13H17N3O/c1-4-7-15-13(17)11(3)16-10(2)12-5-8-14-9-6-12/h1,5-6,8-11,16H,7H2,2-3H3,(H,15,17)/t10-,11?/m0/s1. The predicted octanol–water partition coefficient (Wildman–Crippen LogP) is 0.870. The topological polar surface area (TPSA) is 54.0 Å². The first-order valence-corrected chi connectivity index (χ1v) is 5.52. The van der Waals surface area contributed by atoms with Crippen molar-refractivity contribution in [2.45, 2.75) is 25.9 Å². The Morgan fingerprint density at radius 3 is 2.71 bits per heavy atom. The van der Waals surface area contributed by atoms with E-state index in [9.17, 15) is 4.79 Å². The molecule has 2 N–H and O–H groups in total. The molecule has 0 aromatic carbocycles. The summed E-state index contributed by atoms with van der Waals surface area (Å²) in [6.45, 7) is 4.07. The van der Waals surface area contributed by atoms with Crippen LogP contribution in [0.15, 0.2) is 24.5 Å². The van der Waals surface area contributed by atoms with Crippen LogP contribution in [0.25, 0.3) is 0 Å². The van der Waals surface area contributed by atoms with Crippen molar-refractivity contribution in [2.75, 3.05) is 6.54 Å². The number of nitrogens with one attached hydrogen (secondary N) is 2. The van der Waals surface area contributed by atoms with Gasteiger partial charge in [-0.1, -0.05) is 5.92 Å². The highest BCUT2D eigenvalue weighted by atomic mass is 16.2. The van der Waals surface area contributed by atoms with Crippen LogP contribution in [0.5, 0.6) is 0 Å². The fourth-order valence-corrected chi connectivity index (χ4v) is 1.49. The molecule has 1 aromatic heterocycles. The first kappa shape index (κ1) is 13.2. The normalized spacial score (nSPS) is 13.5. The molecular formula is C13H17N3O. The first-order chi connectivity index (χ1) is 8.15. The van der Waals surface area contributed by atoms with Crippen molar-refractivity contribution in [1.29, 1.82) is 0 Å². The summed E-state index contributed by atoms with van der Waals surface area (Å²) in [6, 6.07) is 3.64. The van der Waals surface area contributed by atoms with E-state index >= 15 is 0 Å². The Labute approximate surface area is 102 Å². The van der Waals surface area contributed by atoms with E-state index in [1.807, 2.05) is 26.0 Å². The summed E-state index contributed by atoms with van der Waals surface area (Å²) in [5.74, 6) is 2.28. The third-order valence-corrected chi connectivity index (χ3v) is 2.46. The van der Waals surface area contributed by atoms with Gasteiger partial charge >= 0.3 is 0 Å². The van der Waals surface area contributed by atoms with Gasteiger partial charge in [0.05, 0.1) is 12.6 Å². The quantitative estimate of drug-likeness (QED) is 0.739. The molecule has 1 amide bonds. The lowest BCUT2D eigenvalue weighted by molar-refractivity contribution is -0.122. The second-order valence-corrected chi connectivity index (χ2v) is 3.81.